The van der Waals surface area contributed by atoms with Crippen LogP contribution < -0.4 is 10.0 Å². The quantitative estimate of drug-likeness (QED) is 0.691. The maximum atomic E-state index is 12.2. The highest BCUT2D eigenvalue weighted by molar-refractivity contribution is 7.89. The Labute approximate surface area is 147 Å². The molecular weight excluding hydrogens is 344 g/mol. The fourth-order valence-electron chi connectivity index (χ4n) is 2.17. The molecule has 9 heteroatoms. The van der Waals surface area contributed by atoms with Crippen LogP contribution in [0.1, 0.15) is 44.2 Å². The Morgan fingerprint density at radius 3 is 2.68 bits per heavy atom. The molecule has 2 heterocycles. The summed E-state index contributed by atoms with van der Waals surface area (Å²) in [7, 11) is -3.79. The number of hydrogen-bond acceptors (Lipinski definition) is 5. The Morgan fingerprint density at radius 1 is 1.28 bits per heavy atom. The van der Waals surface area contributed by atoms with Crippen LogP contribution in [0, 0.1) is 0 Å². The minimum absolute atomic E-state index is 0.0242. The van der Waals surface area contributed by atoms with Crippen molar-refractivity contribution in [2.24, 2.45) is 0 Å². The van der Waals surface area contributed by atoms with Gasteiger partial charge in [-0.3, -0.25) is 4.79 Å². The summed E-state index contributed by atoms with van der Waals surface area (Å²) in [5, 5.41) is 2.45. The second-order valence-corrected chi connectivity index (χ2v) is 8.35. The standard InChI is InChI=1S/C16H24N4O4S/c1-16(2,3)19-25(22,23)14-7-6-13(24-14)15(21)18-8-4-5-10-20-11-9-17-12-20/h6-7,9,11-12,19H,4-5,8,10H2,1-3H3,(H,18,21). The number of carbonyl (C=O) groups is 1. The Kier molecular flexibility index (Phi) is 6.02. The van der Waals surface area contributed by atoms with Crippen LogP contribution in [0.15, 0.2) is 40.4 Å². The molecule has 0 fully saturated rings. The first kappa shape index (κ1) is 19.2. The number of sulfonamides is 1. The van der Waals surface area contributed by atoms with Gasteiger partial charge in [0.2, 0.25) is 5.09 Å². The maximum absolute atomic E-state index is 12.2. The Hall–Kier alpha value is -2.13. The van der Waals surface area contributed by atoms with E-state index in [0.29, 0.717) is 6.54 Å². The molecule has 2 N–H and O–H groups in total. The zero-order valence-corrected chi connectivity index (χ0v) is 15.5. The molecule has 0 atom stereocenters. The predicted molar refractivity (Wildman–Crippen MR) is 92.6 cm³/mol. The number of carbonyl (C=O) groups excluding carboxylic acids is 1. The molecule has 0 aliphatic carbocycles. The van der Waals surface area contributed by atoms with E-state index in [-0.39, 0.29) is 10.9 Å². The number of hydrogen-bond donors (Lipinski definition) is 2. The molecule has 0 aliphatic rings. The summed E-state index contributed by atoms with van der Waals surface area (Å²) < 4.78 is 33.9. The highest BCUT2D eigenvalue weighted by atomic mass is 32.2. The number of aromatic nitrogens is 2. The van der Waals surface area contributed by atoms with Gasteiger partial charge in [-0.1, -0.05) is 0 Å². The zero-order chi connectivity index (χ0) is 18.5. The van der Waals surface area contributed by atoms with Crippen molar-refractivity contribution in [3.63, 3.8) is 0 Å². The first-order valence-corrected chi connectivity index (χ1v) is 9.53. The van der Waals surface area contributed by atoms with Crippen molar-refractivity contribution in [2.45, 2.75) is 50.8 Å². The third-order valence-corrected chi connectivity index (χ3v) is 4.83. The molecule has 0 spiro atoms. The van der Waals surface area contributed by atoms with Crippen LogP contribution in [0.5, 0.6) is 0 Å². The molecule has 2 aromatic rings. The van der Waals surface area contributed by atoms with E-state index in [1.165, 1.54) is 12.1 Å². The molecule has 0 saturated heterocycles. The van der Waals surface area contributed by atoms with Crippen molar-refractivity contribution < 1.29 is 17.6 Å². The molecule has 0 radical (unpaired) electrons. The summed E-state index contributed by atoms with van der Waals surface area (Å²) in [6, 6.07) is 2.64. The second-order valence-electron chi connectivity index (χ2n) is 6.74. The van der Waals surface area contributed by atoms with E-state index in [1.54, 1.807) is 33.3 Å². The van der Waals surface area contributed by atoms with Crippen molar-refractivity contribution in [3.8, 4) is 0 Å². The van der Waals surface area contributed by atoms with E-state index in [1.807, 2.05) is 10.8 Å². The molecule has 2 aromatic heterocycles. The highest BCUT2D eigenvalue weighted by Gasteiger charge is 2.26. The van der Waals surface area contributed by atoms with Crippen LogP contribution in [0.4, 0.5) is 0 Å². The van der Waals surface area contributed by atoms with Gasteiger partial charge in [0.05, 0.1) is 6.33 Å². The minimum Gasteiger partial charge on any atom is -0.438 e. The van der Waals surface area contributed by atoms with Crippen molar-refractivity contribution in [2.75, 3.05) is 6.54 Å². The van der Waals surface area contributed by atoms with Gasteiger partial charge in [-0.15, -0.1) is 0 Å². The summed E-state index contributed by atoms with van der Waals surface area (Å²) in [6.45, 7) is 6.49. The second kappa shape index (κ2) is 7.83. The molecule has 0 aromatic carbocycles. The Balaban J connectivity index is 1.81. The molecular formula is C16H24N4O4S. The summed E-state index contributed by atoms with van der Waals surface area (Å²) in [4.78, 5) is 16.0. The van der Waals surface area contributed by atoms with E-state index in [4.69, 9.17) is 4.42 Å². The van der Waals surface area contributed by atoms with Crippen LogP contribution in [-0.4, -0.2) is 36.0 Å². The fraction of sp³-hybridized carbons (Fsp3) is 0.500. The summed E-state index contributed by atoms with van der Waals surface area (Å²) in [6.07, 6.45) is 7.04. The largest absolute Gasteiger partial charge is 0.438 e. The fourth-order valence-corrected chi connectivity index (χ4v) is 3.52. The van der Waals surface area contributed by atoms with Crippen molar-refractivity contribution in [1.29, 1.82) is 0 Å². The van der Waals surface area contributed by atoms with Crippen LogP contribution in [-0.2, 0) is 16.6 Å². The molecule has 8 nitrogen and oxygen atoms in total. The lowest BCUT2D eigenvalue weighted by molar-refractivity contribution is 0.0920. The maximum Gasteiger partial charge on any atom is 0.287 e. The summed E-state index contributed by atoms with van der Waals surface area (Å²) in [5.74, 6) is -0.455. The monoisotopic (exact) mass is 368 g/mol. The number of imidazole rings is 1. The Bertz CT molecular complexity index is 788. The number of furan rings is 1. The molecule has 0 unspecified atom stereocenters. The first-order valence-electron chi connectivity index (χ1n) is 8.05. The topological polar surface area (TPSA) is 106 Å². The number of unbranched alkanes of at least 4 members (excludes halogenated alkanes) is 1. The van der Waals surface area contributed by atoms with Gasteiger partial charge < -0.3 is 14.3 Å². The summed E-state index contributed by atoms with van der Waals surface area (Å²) in [5.41, 5.74) is -0.636. The Morgan fingerprint density at radius 2 is 2.04 bits per heavy atom. The van der Waals surface area contributed by atoms with Crippen LogP contribution in [0.2, 0.25) is 0 Å². The third kappa shape index (κ3) is 6.02. The SMILES string of the molecule is CC(C)(C)NS(=O)(=O)c1ccc(C(=O)NCCCCn2ccnc2)o1. The van der Waals surface area contributed by atoms with Gasteiger partial charge in [-0.2, -0.15) is 0 Å². The molecule has 2 rings (SSSR count). The lowest BCUT2D eigenvalue weighted by Gasteiger charge is -2.18. The number of rotatable bonds is 8. The lowest BCUT2D eigenvalue weighted by atomic mass is 10.1. The van der Waals surface area contributed by atoms with Gasteiger partial charge in [-0.05, 0) is 45.7 Å². The zero-order valence-electron chi connectivity index (χ0n) is 14.7. The first-order chi connectivity index (χ1) is 11.7. The lowest BCUT2D eigenvalue weighted by Crippen LogP contribution is -2.40. The third-order valence-electron chi connectivity index (χ3n) is 3.20. The average Bonchev–Trinajstić information content (AvgIpc) is 3.16. The van der Waals surface area contributed by atoms with Gasteiger partial charge >= 0.3 is 0 Å². The number of nitrogens with one attached hydrogen (secondary N) is 2. The van der Waals surface area contributed by atoms with Gasteiger partial charge in [-0.25, -0.2) is 18.1 Å². The molecule has 138 valence electrons. The van der Waals surface area contributed by atoms with E-state index in [9.17, 15) is 13.2 Å². The highest BCUT2D eigenvalue weighted by Crippen LogP contribution is 2.16. The molecule has 1 amide bonds. The predicted octanol–water partition coefficient (Wildman–Crippen LogP) is 1.76. The van der Waals surface area contributed by atoms with E-state index in [2.05, 4.69) is 15.0 Å². The molecule has 0 saturated carbocycles. The van der Waals surface area contributed by atoms with E-state index >= 15 is 0 Å². The van der Waals surface area contributed by atoms with Crippen molar-refractivity contribution in [1.82, 2.24) is 19.6 Å². The van der Waals surface area contributed by atoms with E-state index in [0.717, 1.165) is 19.4 Å². The molecule has 0 aliphatic heterocycles. The number of nitrogens with zero attached hydrogens (tertiary/aromatic N) is 2. The smallest absolute Gasteiger partial charge is 0.287 e. The van der Waals surface area contributed by atoms with Crippen molar-refractivity contribution in [3.05, 3.63) is 36.6 Å². The number of amides is 1. The summed E-state index contributed by atoms with van der Waals surface area (Å²) >= 11 is 0. The van der Waals surface area contributed by atoms with Crippen LogP contribution in [0.3, 0.4) is 0 Å². The van der Waals surface area contributed by atoms with Crippen molar-refractivity contribution >= 4 is 15.9 Å². The van der Waals surface area contributed by atoms with Gasteiger partial charge in [0.15, 0.2) is 5.76 Å². The molecule has 25 heavy (non-hydrogen) atoms. The minimum atomic E-state index is -3.79. The number of aryl methyl sites for hydroxylation is 1. The van der Waals surface area contributed by atoms with Gasteiger partial charge in [0.25, 0.3) is 15.9 Å². The van der Waals surface area contributed by atoms with Crippen LogP contribution >= 0.6 is 0 Å². The van der Waals surface area contributed by atoms with Crippen LogP contribution in [0.25, 0.3) is 0 Å². The average molecular weight is 368 g/mol. The van der Waals surface area contributed by atoms with Gasteiger partial charge in [0, 0.05) is 31.0 Å². The van der Waals surface area contributed by atoms with E-state index < -0.39 is 21.5 Å². The normalized spacial score (nSPS) is 12.3. The molecule has 0 bridgehead atoms. The van der Waals surface area contributed by atoms with Gasteiger partial charge in [0.1, 0.15) is 0 Å².